The molecule has 0 atom stereocenters. The first-order valence-electron chi connectivity index (χ1n) is 7.10. The Labute approximate surface area is 128 Å². The number of hydrogen-bond acceptors (Lipinski definition) is 6. The normalized spacial score (nSPS) is 17.6. The van der Waals surface area contributed by atoms with Gasteiger partial charge in [0.1, 0.15) is 11.5 Å². The van der Waals surface area contributed by atoms with Crippen LogP contribution in [0, 0.1) is 5.41 Å². The smallest absolute Gasteiger partial charge is 0.145 e. The fraction of sp³-hybridized carbons (Fsp3) is 0.467. The second-order valence-corrected chi connectivity index (χ2v) is 6.34. The van der Waals surface area contributed by atoms with E-state index in [1.807, 2.05) is 17.5 Å². The number of rotatable bonds is 5. The first-order chi connectivity index (χ1) is 10.3. The van der Waals surface area contributed by atoms with Crippen LogP contribution in [0.3, 0.4) is 0 Å². The van der Waals surface area contributed by atoms with Crippen molar-refractivity contribution in [1.29, 1.82) is 0 Å². The van der Waals surface area contributed by atoms with Crippen LogP contribution >= 0.6 is 11.3 Å². The van der Waals surface area contributed by atoms with E-state index in [1.54, 1.807) is 23.7 Å². The molecular weight excluding hydrogens is 286 g/mol. The van der Waals surface area contributed by atoms with Crippen LogP contribution in [0.2, 0.25) is 0 Å². The Morgan fingerprint density at radius 2 is 2.19 bits per heavy atom. The quantitative estimate of drug-likeness (QED) is 0.888. The zero-order valence-electron chi connectivity index (χ0n) is 11.8. The number of ether oxygens (including phenoxy) is 1. The molecule has 0 spiro atoms. The number of aromatic nitrogens is 2. The fourth-order valence-electron chi connectivity index (χ4n) is 2.47. The number of nitrogens with one attached hydrogen (secondary N) is 1. The summed E-state index contributed by atoms with van der Waals surface area (Å²) >= 11 is 1.65. The summed E-state index contributed by atoms with van der Waals surface area (Å²) < 4.78 is 5.38. The molecule has 6 heteroatoms. The van der Waals surface area contributed by atoms with Crippen LogP contribution < -0.4 is 5.32 Å². The Morgan fingerprint density at radius 3 is 2.90 bits per heavy atom. The van der Waals surface area contributed by atoms with Crippen LogP contribution in [0.25, 0.3) is 10.6 Å². The van der Waals surface area contributed by atoms with Crippen LogP contribution in [0.4, 0.5) is 5.82 Å². The van der Waals surface area contributed by atoms with E-state index >= 15 is 0 Å². The van der Waals surface area contributed by atoms with Crippen molar-refractivity contribution >= 4 is 17.2 Å². The summed E-state index contributed by atoms with van der Waals surface area (Å²) in [4.78, 5) is 9.94. The minimum Gasteiger partial charge on any atom is -0.396 e. The minimum absolute atomic E-state index is 0.112. The average Bonchev–Trinajstić information content (AvgIpc) is 3.09. The van der Waals surface area contributed by atoms with Gasteiger partial charge in [0.25, 0.3) is 0 Å². The highest BCUT2D eigenvalue weighted by Gasteiger charge is 2.31. The first-order valence-corrected chi connectivity index (χ1v) is 7.98. The van der Waals surface area contributed by atoms with Gasteiger partial charge in [0.2, 0.25) is 0 Å². The van der Waals surface area contributed by atoms with Gasteiger partial charge in [-0.3, -0.25) is 4.98 Å². The maximum absolute atomic E-state index is 9.69. The molecule has 3 heterocycles. The van der Waals surface area contributed by atoms with Gasteiger partial charge in [-0.25, -0.2) is 4.98 Å². The molecule has 0 amide bonds. The van der Waals surface area contributed by atoms with Gasteiger partial charge in [0.05, 0.1) is 23.9 Å². The van der Waals surface area contributed by atoms with E-state index in [1.165, 1.54) is 0 Å². The van der Waals surface area contributed by atoms with Crippen LogP contribution in [0.1, 0.15) is 12.8 Å². The van der Waals surface area contributed by atoms with E-state index in [-0.39, 0.29) is 12.0 Å². The molecule has 1 saturated heterocycles. The summed E-state index contributed by atoms with van der Waals surface area (Å²) in [6.45, 7) is 2.28. The molecule has 1 aliphatic heterocycles. The molecule has 1 fully saturated rings. The van der Waals surface area contributed by atoms with E-state index in [0.29, 0.717) is 19.8 Å². The topological polar surface area (TPSA) is 67.3 Å². The molecule has 0 unspecified atom stereocenters. The van der Waals surface area contributed by atoms with Crippen molar-refractivity contribution < 1.29 is 9.84 Å². The largest absolute Gasteiger partial charge is 0.396 e. The lowest BCUT2D eigenvalue weighted by Crippen LogP contribution is -2.39. The number of nitrogens with zero attached hydrogens (tertiary/aromatic N) is 2. The summed E-state index contributed by atoms with van der Waals surface area (Å²) in [6.07, 6.45) is 5.23. The predicted octanol–water partition coefficient (Wildman–Crippen LogP) is 2.41. The van der Waals surface area contributed by atoms with Gasteiger partial charge in [0, 0.05) is 25.2 Å². The van der Waals surface area contributed by atoms with E-state index in [4.69, 9.17) is 4.74 Å². The Kier molecular flexibility index (Phi) is 4.48. The second kappa shape index (κ2) is 6.51. The molecule has 0 aromatic carbocycles. The summed E-state index contributed by atoms with van der Waals surface area (Å²) in [6, 6.07) is 4.04. The standard InChI is InChI=1S/C15H19N3O2S/c19-11-15(3-5-20-6-4-15)10-17-14-9-16-8-12(18-14)13-2-1-7-21-13/h1-2,7-9,19H,3-6,10-11H2,(H,17,18). The molecule has 2 N–H and O–H groups in total. The molecule has 0 bridgehead atoms. The molecule has 5 nitrogen and oxygen atoms in total. The van der Waals surface area contributed by atoms with Crippen molar-refractivity contribution in [1.82, 2.24) is 9.97 Å². The van der Waals surface area contributed by atoms with Crippen molar-refractivity contribution in [3.63, 3.8) is 0 Å². The van der Waals surface area contributed by atoms with Crippen LogP contribution in [0.5, 0.6) is 0 Å². The second-order valence-electron chi connectivity index (χ2n) is 5.39. The highest BCUT2D eigenvalue weighted by Crippen LogP contribution is 2.30. The molecule has 0 aliphatic carbocycles. The van der Waals surface area contributed by atoms with Gasteiger partial charge < -0.3 is 15.2 Å². The lowest BCUT2D eigenvalue weighted by Gasteiger charge is -2.35. The summed E-state index contributed by atoms with van der Waals surface area (Å²) in [5, 5.41) is 15.0. The van der Waals surface area contributed by atoms with Gasteiger partial charge in [-0.1, -0.05) is 6.07 Å². The van der Waals surface area contributed by atoms with E-state index in [0.717, 1.165) is 29.2 Å². The van der Waals surface area contributed by atoms with Crippen molar-refractivity contribution in [2.45, 2.75) is 12.8 Å². The molecule has 1 aliphatic rings. The molecule has 0 radical (unpaired) electrons. The summed E-state index contributed by atoms with van der Waals surface area (Å²) in [7, 11) is 0. The number of anilines is 1. The Morgan fingerprint density at radius 1 is 1.33 bits per heavy atom. The Balaban J connectivity index is 1.69. The van der Waals surface area contributed by atoms with E-state index < -0.39 is 0 Å². The van der Waals surface area contributed by atoms with Crippen molar-refractivity contribution in [2.24, 2.45) is 5.41 Å². The van der Waals surface area contributed by atoms with Crippen LogP contribution in [-0.4, -0.2) is 41.4 Å². The Bertz CT molecular complexity index is 568. The highest BCUT2D eigenvalue weighted by molar-refractivity contribution is 7.13. The minimum atomic E-state index is -0.112. The van der Waals surface area contributed by atoms with Crippen LogP contribution in [0.15, 0.2) is 29.9 Å². The van der Waals surface area contributed by atoms with E-state index in [2.05, 4.69) is 15.3 Å². The maximum atomic E-state index is 9.69. The third kappa shape index (κ3) is 3.40. The lowest BCUT2D eigenvalue weighted by atomic mass is 9.81. The maximum Gasteiger partial charge on any atom is 0.145 e. The summed E-state index contributed by atoms with van der Waals surface area (Å²) in [5.74, 6) is 0.750. The molecule has 112 valence electrons. The zero-order chi connectivity index (χ0) is 14.5. The molecule has 2 aromatic rings. The monoisotopic (exact) mass is 305 g/mol. The zero-order valence-corrected chi connectivity index (χ0v) is 12.6. The molecule has 3 rings (SSSR count). The molecular formula is C15H19N3O2S. The number of aliphatic hydroxyl groups is 1. The third-order valence-electron chi connectivity index (χ3n) is 3.94. The Hall–Kier alpha value is -1.50. The SMILES string of the molecule is OCC1(CNc2cncc(-c3cccs3)n2)CCOCC1. The van der Waals surface area contributed by atoms with Gasteiger partial charge in [0.15, 0.2) is 0 Å². The van der Waals surface area contributed by atoms with Gasteiger partial charge in [-0.2, -0.15) is 0 Å². The van der Waals surface area contributed by atoms with Crippen molar-refractivity contribution in [2.75, 3.05) is 31.7 Å². The van der Waals surface area contributed by atoms with Crippen molar-refractivity contribution in [3.8, 4) is 10.6 Å². The van der Waals surface area contributed by atoms with Gasteiger partial charge in [-0.15, -0.1) is 11.3 Å². The highest BCUT2D eigenvalue weighted by atomic mass is 32.1. The fourth-order valence-corrected chi connectivity index (χ4v) is 3.15. The molecule has 21 heavy (non-hydrogen) atoms. The number of hydrogen-bond donors (Lipinski definition) is 2. The van der Waals surface area contributed by atoms with Gasteiger partial charge >= 0.3 is 0 Å². The predicted molar refractivity (Wildman–Crippen MR) is 83.4 cm³/mol. The number of thiophene rings is 1. The average molecular weight is 305 g/mol. The molecule has 0 saturated carbocycles. The third-order valence-corrected chi connectivity index (χ3v) is 4.83. The summed E-state index contributed by atoms with van der Waals surface area (Å²) in [5.41, 5.74) is 0.763. The van der Waals surface area contributed by atoms with Crippen LogP contribution in [-0.2, 0) is 4.74 Å². The lowest BCUT2D eigenvalue weighted by molar-refractivity contribution is -0.00862. The van der Waals surface area contributed by atoms with E-state index in [9.17, 15) is 5.11 Å². The van der Waals surface area contributed by atoms with Crippen molar-refractivity contribution in [3.05, 3.63) is 29.9 Å². The molecule has 2 aromatic heterocycles. The number of aliphatic hydroxyl groups excluding tert-OH is 1. The van der Waals surface area contributed by atoms with Gasteiger partial charge in [-0.05, 0) is 24.3 Å². The first kappa shape index (κ1) is 14.4.